The number of hydrogen-bond acceptors (Lipinski definition) is 4. The maximum Gasteiger partial charge on any atom is 0.302 e. The SMILES string of the molecule is CC(C)CC(O)C(O)(O)O. The highest BCUT2D eigenvalue weighted by atomic mass is 16.7. The number of aliphatic hydroxyl groups excluding tert-OH is 1. The zero-order valence-corrected chi connectivity index (χ0v) is 6.15. The van der Waals surface area contributed by atoms with Crippen molar-refractivity contribution in [3.8, 4) is 0 Å². The van der Waals surface area contributed by atoms with Crippen molar-refractivity contribution in [2.75, 3.05) is 0 Å². The third kappa shape index (κ3) is 3.79. The Kier molecular flexibility index (Phi) is 3.24. The van der Waals surface area contributed by atoms with Gasteiger partial charge >= 0.3 is 5.97 Å². The van der Waals surface area contributed by atoms with E-state index in [1.807, 2.05) is 0 Å². The molecule has 0 radical (unpaired) electrons. The van der Waals surface area contributed by atoms with E-state index in [-0.39, 0.29) is 12.3 Å². The van der Waals surface area contributed by atoms with E-state index >= 15 is 0 Å². The Morgan fingerprint density at radius 1 is 1.20 bits per heavy atom. The van der Waals surface area contributed by atoms with Crippen molar-refractivity contribution in [3.63, 3.8) is 0 Å². The van der Waals surface area contributed by atoms with E-state index in [0.29, 0.717) is 0 Å². The van der Waals surface area contributed by atoms with E-state index < -0.39 is 12.1 Å². The summed E-state index contributed by atoms with van der Waals surface area (Å²) in [7, 11) is 0. The van der Waals surface area contributed by atoms with Crippen molar-refractivity contribution in [3.05, 3.63) is 0 Å². The van der Waals surface area contributed by atoms with Crippen LogP contribution in [0.1, 0.15) is 20.3 Å². The lowest BCUT2D eigenvalue weighted by Crippen LogP contribution is -2.42. The van der Waals surface area contributed by atoms with Crippen molar-refractivity contribution in [2.45, 2.75) is 32.3 Å². The summed E-state index contributed by atoms with van der Waals surface area (Å²) in [5, 5.41) is 34.0. The molecule has 0 rings (SSSR count). The maximum absolute atomic E-state index is 8.81. The van der Waals surface area contributed by atoms with Crippen molar-refractivity contribution < 1.29 is 20.4 Å². The predicted molar refractivity (Wildman–Crippen MR) is 34.8 cm³/mol. The quantitative estimate of drug-likeness (QED) is 0.390. The molecule has 0 aliphatic heterocycles. The summed E-state index contributed by atoms with van der Waals surface area (Å²) in [5.41, 5.74) is 0. The predicted octanol–water partition coefficient (Wildman–Crippen LogP) is -0.976. The molecule has 10 heavy (non-hydrogen) atoms. The van der Waals surface area contributed by atoms with Gasteiger partial charge in [0.2, 0.25) is 0 Å². The van der Waals surface area contributed by atoms with Crippen LogP contribution < -0.4 is 0 Å². The lowest BCUT2D eigenvalue weighted by molar-refractivity contribution is -0.356. The zero-order chi connectivity index (χ0) is 8.36. The normalized spacial score (nSPS) is 15.9. The summed E-state index contributed by atoms with van der Waals surface area (Å²) >= 11 is 0. The van der Waals surface area contributed by atoms with E-state index in [9.17, 15) is 0 Å². The van der Waals surface area contributed by atoms with Crippen LogP contribution in [0, 0.1) is 5.92 Å². The highest BCUT2D eigenvalue weighted by Crippen LogP contribution is 2.11. The smallest absolute Gasteiger partial charge is 0.302 e. The van der Waals surface area contributed by atoms with Gasteiger partial charge in [0.25, 0.3) is 0 Å². The van der Waals surface area contributed by atoms with Gasteiger partial charge in [-0.05, 0) is 12.3 Å². The summed E-state index contributed by atoms with van der Waals surface area (Å²) in [5.74, 6) is -2.84. The standard InChI is InChI=1S/C6H14O4/c1-4(2)3-5(7)6(8,9)10/h4-5,7-10H,3H2,1-2H3. The summed E-state index contributed by atoms with van der Waals surface area (Å²) in [4.78, 5) is 0. The van der Waals surface area contributed by atoms with E-state index in [4.69, 9.17) is 20.4 Å². The Morgan fingerprint density at radius 3 is 1.70 bits per heavy atom. The first kappa shape index (κ1) is 9.84. The van der Waals surface area contributed by atoms with Crippen LogP contribution in [0.4, 0.5) is 0 Å². The lowest BCUT2D eigenvalue weighted by atomic mass is 10.0. The van der Waals surface area contributed by atoms with Crippen LogP contribution in [0.2, 0.25) is 0 Å². The molecule has 0 fully saturated rings. The number of rotatable bonds is 3. The number of aliphatic hydroxyl groups is 4. The maximum atomic E-state index is 8.81. The van der Waals surface area contributed by atoms with E-state index in [0.717, 1.165) is 0 Å². The molecule has 0 bridgehead atoms. The Balaban J connectivity index is 3.73. The third-order valence-electron chi connectivity index (χ3n) is 1.14. The Bertz CT molecular complexity index is 94.4. The molecule has 0 aromatic rings. The van der Waals surface area contributed by atoms with Crippen LogP contribution in [0.5, 0.6) is 0 Å². The van der Waals surface area contributed by atoms with Crippen molar-refractivity contribution in [1.29, 1.82) is 0 Å². The molecule has 0 aliphatic carbocycles. The highest BCUT2D eigenvalue weighted by Gasteiger charge is 2.30. The Hall–Kier alpha value is -0.160. The van der Waals surface area contributed by atoms with Crippen LogP contribution >= 0.6 is 0 Å². The molecule has 0 aromatic heterocycles. The van der Waals surface area contributed by atoms with Gasteiger partial charge in [0.05, 0.1) is 0 Å². The second-order valence-electron chi connectivity index (χ2n) is 2.83. The first-order chi connectivity index (χ1) is 4.34. The van der Waals surface area contributed by atoms with Gasteiger partial charge in [0.15, 0.2) is 0 Å². The third-order valence-corrected chi connectivity index (χ3v) is 1.14. The highest BCUT2D eigenvalue weighted by molar-refractivity contribution is 4.64. The molecule has 0 heterocycles. The second kappa shape index (κ2) is 3.30. The minimum atomic E-state index is -2.95. The monoisotopic (exact) mass is 150 g/mol. The number of hydrogen-bond donors (Lipinski definition) is 4. The first-order valence-corrected chi connectivity index (χ1v) is 3.19. The molecule has 4 N–H and O–H groups in total. The average molecular weight is 150 g/mol. The fourth-order valence-corrected chi connectivity index (χ4v) is 0.605. The molecular formula is C6H14O4. The molecule has 0 saturated heterocycles. The molecule has 62 valence electrons. The van der Waals surface area contributed by atoms with Crippen LogP contribution in [0.15, 0.2) is 0 Å². The van der Waals surface area contributed by atoms with Gasteiger partial charge in [0.1, 0.15) is 6.10 Å². The molecule has 0 spiro atoms. The van der Waals surface area contributed by atoms with Crippen molar-refractivity contribution in [2.24, 2.45) is 5.92 Å². The van der Waals surface area contributed by atoms with Crippen molar-refractivity contribution in [1.82, 2.24) is 0 Å². The lowest BCUT2D eigenvalue weighted by Gasteiger charge is -2.21. The van der Waals surface area contributed by atoms with Gasteiger partial charge in [-0.15, -0.1) is 0 Å². The molecule has 4 nitrogen and oxygen atoms in total. The van der Waals surface area contributed by atoms with Gasteiger partial charge in [-0.1, -0.05) is 13.8 Å². The van der Waals surface area contributed by atoms with Crippen LogP contribution in [-0.4, -0.2) is 32.5 Å². The second-order valence-corrected chi connectivity index (χ2v) is 2.83. The summed E-state index contributed by atoms with van der Waals surface area (Å²) in [6, 6.07) is 0. The molecule has 1 atom stereocenters. The van der Waals surface area contributed by atoms with Crippen LogP contribution in [0.25, 0.3) is 0 Å². The van der Waals surface area contributed by atoms with E-state index in [2.05, 4.69) is 0 Å². The largest absolute Gasteiger partial charge is 0.385 e. The molecule has 0 aliphatic rings. The summed E-state index contributed by atoms with van der Waals surface area (Å²) in [6.45, 7) is 3.60. The zero-order valence-electron chi connectivity index (χ0n) is 6.15. The Labute approximate surface area is 59.7 Å². The van der Waals surface area contributed by atoms with Gasteiger partial charge in [-0.3, -0.25) is 0 Å². The molecule has 4 heteroatoms. The summed E-state index contributed by atoms with van der Waals surface area (Å²) < 4.78 is 0. The first-order valence-electron chi connectivity index (χ1n) is 3.19. The molecule has 0 amide bonds. The van der Waals surface area contributed by atoms with Gasteiger partial charge < -0.3 is 20.4 Å². The van der Waals surface area contributed by atoms with Gasteiger partial charge in [-0.2, -0.15) is 0 Å². The van der Waals surface area contributed by atoms with E-state index in [1.54, 1.807) is 13.8 Å². The fourth-order valence-electron chi connectivity index (χ4n) is 0.605. The van der Waals surface area contributed by atoms with Gasteiger partial charge in [0, 0.05) is 0 Å². The minimum absolute atomic E-state index is 0.112. The molecular weight excluding hydrogens is 136 g/mol. The van der Waals surface area contributed by atoms with E-state index in [1.165, 1.54) is 0 Å². The molecule has 0 aromatic carbocycles. The average Bonchev–Trinajstić information content (AvgIpc) is 1.60. The molecule has 0 saturated carbocycles. The van der Waals surface area contributed by atoms with Crippen LogP contribution in [0.3, 0.4) is 0 Å². The minimum Gasteiger partial charge on any atom is -0.385 e. The van der Waals surface area contributed by atoms with Gasteiger partial charge in [-0.25, -0.2) is 0 Å². The van der Waals surface area contributed by atoms with Crippen molar-refractivity contribution >= 4 is 0 Å². The fraction of sp³-hybridized carbons (Fsp3) is 1.00. The molecule has 1 unspecified atom stereocenters. The topological polar surface area (TPSA) is 80.9 Å². The Morgan fingerprint density at radius 2 is 1.60 bits per heavy atom. The van der Waals surface area contributed by atoms with Crippen LogP contribution in [-0.2, 0) is 0 Å². The summed E-state index contributed by atoms with van der Waals surface area (Å²) in [6.07, 6.45) is -1.34.